The zero-order valence-corrected chi connectivity index (χ0v) is 14.1. The number of halogens is 1. The van der Waals surface area contributed by atoms with Gasteiger partial charge in [0.05, 0.1) is 0 Å². The predicted molar refractivity (Wildman–Crippen MR) is 89.7 cm³/mol. The standard InChI is InChI=1S/C19H27FN2O/c1-13(2)19(23)22-9-7-17(8-10-22)21-18-11-15(12-18)14-3-5-16(20)6-4-14/h3-6,13,15,17-18,21H,7-12H2,1-2H3. The van der Waals surface area contributed by atoms with E-state index in [4.69, 9.17) is 0 Å². The van der Waals surface area contributed by atoms with Crippen molar-refractivity contribution >= 4 is 5.91 Å². The Morgan fingerprint density at radius 3 is 2.30 bits per heavy atom. The van der Waals surface area contributed by atoms with E-state index in [0.29, 0.717) is 18.0 Å². The number of hydrogen-bond donors (Lipinski definition) is 1. The molecule has 0 radical (unpaired) electrons. The summed E-state index contributed by atoms with van der Waals surface area (Å²) in [5, 5.41) is 3.74. The first-order valence-electron chi connectivity index (χ1n) is 8.83. The molecule has 1 aromatic carbocycles. The van der Waals surface area contributed by atoms with Gasteiger partial charge in [0.15, 0.2) is 0 Å². The Hall–Kier alpha value is -1.42. The number of carbonyl (C=O) groups is 1. The van der Waals surface area contributed by atoms with Crippen LogP contribution in [0, 0.1) is 11.7 Å². The minimum absolute atomic E-state index is 0.0996. The fourth-order valence-corrected chi connectivity index (χ4v) is 3.73. The molecular weight excluding hydrogens is 291 g/mol. The van der Waals surface area contributed by atoms with Crippen LogP contribution in [0.25, 0.3) is 0 Å². The Bertz CT molecular complexity index is 529. The molecule has 1 aromatic rings. The molecular formula is C19H27FN2O. The molecule has 1 heterocycles. The molecule has 1 amide bonds. The van der Waals surface area contributed by atoms with Crippen LogP contribution in [0.15, 0.2) is 24.3 Å². The Morgan fingerprint density at radius 2 is 1.74 bits per heavy atom. The molecule has 0 spiro atoms. The number of benzene rings is 1. The highest BCUT2D eigenvalue weighted by Crippen LogP contribution is 2.37. The molecule has 0 atom stereocenters. The molecule has 1 saturated carbocycles. The van der Waals surface area contributed by atoms with Crippen LogP contribution >= 0.6 is 0 Å². The maximum atomic E-state index is 13.0. The molecule has 0 aromatic heterocycles. The van der Waals surface area contributed by atoms with Gasteiger partial charge in [-0.25, -0.2) is 4.39 Å². The normalized spacial score (nSPS) is 25.5. The Morgan fingerprint density at radius 1 is 1.13 bits per heavy atom. The van der Waals surface area contributed by atoms with Crippen LogP contribution in [0.3, 0.4) is 0 Å². The van der Waals surface area contributed by atoms with Crippen molar-refractivity contribution in [3.05, 3.63) is 35.6 Å². The lowest BCUT2D eigenvalue weighted by Gasteiger charge is -2.41. The van der Waals surface area contributed by atoms with Gasteiger partial charge in [-0.1, -0.05) is 26.0 Å². The van der Waals surface area contributed by atoms with E-state index in [9.17, 15) is 9.18 Å². The smallest absolute Gasteiger partial charge is 0.225 e. The molecule has 0 unspecified atom stereocenters. The van der Waals surface area contributed by atoms with Gasteiger partial charge in [-0.05, 0) is 49.3 Å². The van der Waals surface area contributed by atoms with Crippen LogP contribution < -0.4 is 5.32 Å². The first-order valence-corrected chi connectivity index (χ1v) is 8.83. The average molecular weight is 318 g/mol. The van der Waals surface area contributed by atoms with Gasteiger partial charge >= 0.3 is 0 Å². The molecule has 2 fully saturated rings. The molecule has 2 aliphatic rings. The topological polar surface area (TPSA) is 32.3 Å². The molecule has 1 aliphatic heterocycles. The fourth-order valence-electron chi connectivity index (χ4n) is 3.73. The summed E-state index contributed by atoms with van der Waals surface area (Å²) in [5.74, 6) is 0.784. The van der Waals surface area contributed by atoms with E-state index < -0.39 is 0 Å². The van der Waals surface area contributed by atoms with Crippen LogP contribution in [0.2, 0.25) is 0 Å². The van der Waals surface area contributed by atoms with Gasteiger partial charge in [0, 0.05) is 31.1 Å². The van der Waals surface area contributed by atoms with Crippen LogP contribution in [-0.4, -0.2) is 36.0 Å². The maximum Gasteiger partial charge on any atom is 0.225 e. The van der Waals surface area contributed by atoms with Crippen molar-refractivity contribution in [3.8, 4) is 0 Å². The third-order valence-electron chi connectivity index (χ3n) is 5.25. The van der Waals surface area contributed by atoms with E-state index in [1.54, 1.807) is 12.1 Å². The number of hydrogen-bond acceptors (Lipinski definition) is 2. The maximum absolute atomic E-state index is 13.0. The quantitative estimate of drug-likeness (QED) is 0.924. The highest BCUT2D eigenvalue weighted by atomic mass is 19.1. The second kappa shape index (κ2) is 7.00. The van der Waals surface area contributed by atoms with E-state index in [1.807, 2.05) is 30.9 Å². The van der Waals surface area contributed by atoms with Gasteiger partial charge in [0.25, 0.3) is 0 Å². The van der Waals surface area contributed by atoms with Gasteiger partial charge in [0.1, 0.15) is 5.82 Å². The minimum atomic E-state index is -0.162. The van der Waals surface area contributed by atoms with Crippen molar-refractivity contribution in [1.29, 1.82) is 0 Å². The fraction of sp³-hybridized carbons (Fsp3) is 0.632. The number of carbonyl (C=O) groups excluding carboxylic acids is 1. The van der Waals surface area contributed by atoms with Gasteiger partial charge in [0.2, 0.25) is 5.91 Å². The second-order valence-corrected chi connectivity index (χ2v) is 7.34. The largest absolute Gasteiger partial charge is 0.342 e. The van der Waals surface area contributed by atoms with Gasteiger partial charge < -0.3 is 10.2 Å². The molecule has 3 rings (SSSR count). The highest BCUT2D eigenvalue weighted by Gasteiger charge is 2.33. The van der Waals surface area contributed by atoms with Crippen LogP contribution in [0.4, 0.5) is 4.39 Å². The third kappa shape index (κ3) is 3.92. The van der Waals surface area contributed by atoms with Crippen molar-refractivity contribution in [2.45, 2.75) is 57.5 Å². The molecule has 1 aliphatic carbocycles. The molecule has 0 bridgehead atoms. The minimum Gasteiger partial charge on any atom is -0.342 e. The third-order valence-corrected chi connectivity index (χ3v) is 5.25. The summed E-state index contributed by atoms with van der Waals surface area (Å²) < 4.78 is 13.0. The lowest BCUT2D eigenvalue weighted by atomic mass is 9.75. The predicted octanol–water partition coefficient (Wildman–Crippen LogP) is 3.31. The second-order valence-electron chi connectivity index (χ2n) is 7.34. The van der Waals surface area contributed by atoms with Crippen molar-refractivity contribution in [2.75, 3.05) is 13.1 Å². The van der Waals surface area contributed by atoms with E-state index in [0.717, 1.165) is 38.8 Å². The van der Waals surface area contributed by atoms with Gasteiger partial charge in [-0.3, -0.25) is 4.79 Å². The summed E-state index contributed by atoms with van der Waals surface area (Å²) in [4.78, 5) is 14.0. The van der Waals surface area contributed by atoms with Crippen molar-refractivity contribution < 1.29 is 9.18 Å². The number of nitrogens with zero attached hydrogens (tertiary/aromatic N) is 1. The first-order chi connectivity index (χ1) is 11.0. The molecule has 1 N–H and O–H groups in total. The summed E-state index contributed by atoms with van der Waals surface area (Å²) in [6.45, 7) is 5.69. The number of rotatable bonds is 4. The molecule has 126 valence electrons. The van der Waals surface area contributed by atoms with Crippen molar-refractivity contribution in [3.63, 3.8) is 0 Å². The lowest BCUT2D eigenvalue weighted by Crippen LogP contribution is -2.51. The van der Waals surface area contributed by atoms with E-state index >= 15 is 0 Å². The zero-order chi connectivity index (χ0) is 16.4. The van der Waals surface area contributed by atoms with E-state index in [2.05, 4.69) is 5.32 Å². The lowest BCUT2D eigenvalue weighted by molar-refractivity contribution is -0.135. The molecule has 4 heteroatoms. The summed E-state index contributed by atoms with van der Waals surface area (Å²) in [5.41, 5.74) is 1.25. The summed E-state index contributed by atoms with van der Waals surface area (Å²) in [7, 11) is 0. The summed E-state index contributed by atoms with van der Waals surface area (Å²) >= 11 is 0. The number of nitrogens with one attached hydrogen (secondary N) is 1. The van der Waals surface area contributed by atoms with E-state index in [1.165, 1.54) is 5.56 Å². The summed E-state index contributed by atoms with van der Waals surface area (Å²) in [6.07, 6.45) is 4.37. The molecule has 1 saturated heterocycles. The van der Waals surface area contributed by atoms with Crippen molar-refractivity contribution in [1.82, 2.24) is 10.2 Å². The molecule has 23 heavy (non-hydrogen) atoms. The van der Waals surface area contributed by atoms with Crippen molar-refractivity contribution in [2.24, 2.45) is 5.92 Å². The van der Waals surface area contributed by atoms with Crippen LogP contribution in [0.5, 0.6) is 0 Å². The number of likely N-dealkylation sites (tertiary alicyclic amines) is 1. The van der Waals surface area contributed by atoms with Crippen LogP contribution in [0.1, 0.15) is 51.0 Å². The Labute approximate surface area is 138 Å². The van der Waals surface area contributed by atoms with Gasteiger partial charge in [-0.2, -0.15) is 0 Å². The zero-order valence-electron chi connectivity index (χ0n) is 14.1. The van der Waals surface area contributed by atoms with E-state index in [-0.39, 0.29) is 17.6 Å². The monoisotopic (exact) mass is 318 g/mol. The highest BCUT2D eigenvalue weighted by molar-refractivity contribution is 5.78. The number of piperidine rings is 1. The van der Waals surface area contributed by atoms with Crippen LogP contribution in [-0.2, 0) is 4.79 Å². The van der Waals surface area contributed by atoms with Gasteiger partial charge in [-0.15, -0.1) is 0 Å². The molecule has 3 nitrogen and oxygen atoms in total. The number of amides is 1. The first kappa shape index (κ1) is 16.4. The SMILES string of the molecule is CC(C)C(=O)N1CCC(NC2CC(c3ccc(F)cc3)C2)CC1. The Kier molecular flexibility index (Phi) is 5.00. The summed E-state index contributed by atoms with van der Waals surface area (Å²) in [6, 6.07) is 8.03. The Balaban J connectivity index is 1.40. The average Bonchev–Trinajstić information content (AvgIpc) is 2.51.